The number of nitrogens with two attached hydrogens (primary N) is 1. The molecule has 0 spiro atoms. The highest BCUT2D eigenvalue weighted by Gasteiger charge is 2.06. The van der Waals surface area contributed by atoms with Gasteiger partial charge in [-0.2, -0.15) is 5.10 Å². The Bertz CT molecular complexity index is 447. The van der Waals surface area contributed by atoms with Crippen LogP contribution in [0.5, 0.6) is 0 Å². The minimum absolute atomic E-state index is 0.535. The summed E-state index contributed by atoms with van der Waals surface area (Å²) in [5, 5.41) is 5.47. The fourth-order valence-electron chi connectivity index (χ4n) is 1.37. The largest absolute Gasteiger partial charge is 0.326 e. The van der Waals surface area contributed by atoms with Gasteiger partial charge in [-0.25, -0.2) is 0 Å². The molecular formula is C9H10BrN3. The number of aromatic nitrogens is 2. The van der Waals surface area contributed by atoms with Crippen LogP contribution in [-0.4, -0.2) is 9.78 Å². The molecule has 0 saturated heterocycles. The second kappa shape index (κ2) is 3.12. The predicted molar refractivity (Wildman–Crippen MR) is 56.3 cm³/mol. The fraction of sp³-hybridized carbons (Fsp3) is 0.222. The first kappa shape index (κ1) is 8.72. The van der Waals surface area contributed by atoms with Crippen LogP contribution in [0.15, 0.2) is 22.8 Å². The van der Waals surface area contributed by atoms with E-state index in [2.05, 4.69) is 21.0 Å². The first-order valence-corrected chi connectivity index (χ1v) is 4.82. The lowest BCUT2D eigenvalue weighted by Crippen LogP contribution is -1.97. The van der Waals surface area contributed by atoms with Crippen LogP contribution < -0.4 is 5.73 Å². The maximum absolute atomic E-state index is 5.58. The van der Waals surface area contributed by atoms with Gasteiger partial charge in [0.1, 0.15) is 5.52 Å². The first-order chi connectivity index (χ1) is 6.22. The molecule has 0 aliphatic carbocycles. The van der Waals surface area contributed by atoms with Crippen molar-refractivity contribution in [2.45, 2.75) is 6.54 Å². The van der Waals surface area contributed by atoms with Crippen molar-refractivity contribution in [2.75, 3.05) is 0 Å². The number of aryl methyl sites for hydroxylation is 1. The molecule has 2 aromatic rings. The highest BCUT2D eigenvalue weighted by molar-refractivity contribution is 9.10. The van der Waals surface area contributed by atoms with Gasteiger partial charge in [-0.3, -0.25) is 4.68 Å². The Morgan fingerprint density at radius 2 is 2.31 bits per heavy atom. The van der Waals surface area contributed by atoms with Crippen molar-refractivity contribution in [1.29, 1.82) is 0 Å². The summed E-state index contributed by atoms with van der Waals surface area (Å²) in [5.74, 6) is 0. The van der Waals surface area contributed by atoms with E-state index in [-0.39, 0.29) is 0 Å². The van der Waals surface area contributed by atoms with Crippen LogP contribution in [0.25, 0.3) is 10.9 Å². The Hall–Kier alpha value is -0.870. The summed E-state index contributed by atoms with van der Waals surface area (Å²) in [6.45, 7) is 0.535. The SMILES string of the molecule is Cn1cc2ccc(CN)c(Br)c2n1. The lowest BCUT2D eigenvalue weighted by Gasteiger charge is -1.99. The van der Waals surface area contributed by atoms with Crippen LogP contribution in [-0.2, 0) is 13.6 Å². The average molecular weight is 240 g/mol. The van der Waals surface area contributed by atoms with Crippen molar-refractivity contribution in [3.05, 3.63) is 28.4 Å². The number of hydrogen-bond acceptors (Lipinski definition) is 2. The summed E-state index contributed by atoms with van der Waals surface area (Å²) in [6.07, 6.45) is 1.99. The number of fused-ring (bicyclic) bond motifs is 1. The molecule has 0 bridgehead atoms. The Balaban J connectivity index is 2.78. The molecule has 0 amide bonds. The summed E-state index contributed by atoms with van der Waals surface area (Å²) in [7, 11) is 1.91. The van der Waals surface area contributed by atoms with Crippen LogP contribution in [0, 0.1) is 0 Å². The van der Waals surface area contributed by atoms with Gasteiger partial charge < -0.3 is 5.73 Å². The van der Waals surface area contributed by atoms with E-state index in [1.807, 2.05) is 25.4 Å². The standard InChI is InChI=1S/C9H10BrN3/c1-13-5-7-3-2-6(4-11)8(10)9(7)12-13/h2-3,5H,4,11H2,1H3. The predicted octanol–water partition coefficient (Wildman–Crippen LogP) is 1.79. The monoisotopic (exact) mass is 239 g/mol. The molecule has 0 aliphatic rings. The van der Waals surface area contributed by atoms with Gasteiger partial charge in [-0.1, -0.05) is 12.1 Å². The van der Waals surface area contributed by atoms with Crippen molar-refractivity contribution in [1.82, 2.24) is 9.78 Å². The van der Waals surface area contributed by atoms with E-state index in [4.69, 9.17) is 5.73 Å². The van der Waals surface area contributed by atoms with Crippen molar-refractivity contribution in [2.24, 2.45) is 12.8 Å². The van der Waals surface area contributed by atoms with Crippen LogP contribution in [0.3, 0.4) is 0 Å². The third kappa shape index (κ3) is 1.36. The summed E-state index contributed by atoms with van der Waals surface area (Å²) in [4.78, 5) is 0. The summed E-state index contributed by atoms with van der Waals surface area (Å²) in [6, 6.07) is 4.06. The second-order valence-electron chi connectivity index (χ2n) is 2.98. The second-order valence-corrected chi connectivity index (χ2v) is 3.78. The molecule has 1 aromatic carbocycles. The lowest BCUT2D eigenvalue weighted by molar-refractivity contribution is 0.779. The van der Waals surface area contributed by atoms with Crippen molar-refractivity contribution >= 4 is 26.8 Å². The van der Waals surface area contributed by atoms with Crippen LogP contribution in [0.2, 0.25) is 0 Å². The average Bonchev–Trinajstić information content (AvgIpc) is 2.47. The van der Waals surface area contributed by atoms with Gasteiger partial charge in [-0.05, 0) is 21.5 Å². The zero-order valence-electron chi connectivity index (χ0n) is 7.29. The molecule has 0 saturated carbocycles. The molecule has 68 valence electrons. The van der Waals surface area contributed by atoms with Crippen LogP contribution >= 0.6 is 15.9 Å². The molecule has 1 aromatic heterocycles. The quantitative estimate of drug-likeness (QED) is 0.825. The molecule has 1 heterocycles. The number of benzene rings is 1. The summed E-state index contributed by atoms with van der Waals surface area (Å²) < 4.78 is 2.81. The van der Waals surface area contributed by atoms with Gasteiger partial charge in [0.05, 0.1) is 4.47 Å². The van der Waals surface area contributed by atoms with E-state index in [1.165, 1.54) is 0 Å². The molecular weight excluding hydrogens is 230 g/mol. The molecule has 2 rings (SSSR count). The number of nitrogens with zero attached hydrogens (tertiary/aromatic N) is 2. The molecule has 0 fully saturated rings. The summed E-state index contributed by atoms with van der Waals surface area (Å²) >= 11 is 3.50. The zero-order valence-corrected chi connectivity index (χ0v) is 8.87. The van der Waals surface area contributed by atoms with Gasteiger partial charge in [0, 0.05) is 25.2 Å². The Kier molecular flexibility index (Phi) is 2.09. The van der Waals surface area contributed by atoms with Gasteiger partial charge in [0.15, 0.2) is 0 Å². The molecule has 13 heavy (non-hydrogen) atoms. The third-order valence-corrected chi connectivity index (χ3v) is 2.92. The third-order valence-electron chi connectivity index (χ3n) is 2.03. The molecule has 0 unspecified atom stereocenters. The van der Waals surface area contributed by atoms with Crippen LogP contribution in [0.1, 0.15) is 5.56 Å². The molecule has 2 N–H and O–H groups in total. The molecule has 0 atom stereocenters. The number of rotatable bonds is 1. The Morgan fingerprint density at radius 3 is 3.00 bits per heavy atom. The van der Waals surface area contributed by atoms with Crippen molar-refractivity contribution in [3.63, 3.8) is 0 Å². The van der Waals surface area contributed by atoms with Crippen LogP contribution in [0.4, 0.5) is 0 Å². The maximum Gasteiger partial charge on any atom is 0.107 e. The van der Waals surface area contributed by atoms with E-state index < -0.39 is 0 Å². The highest BCUT2D eigenvalue weighted by atomic mass is 79.9. The van der Waals surface area contributed by atoms with Gasteiger partial charge in [0.2, 0.25) is 0 Å². The van der Waals surface area contributed by atoms with E-state index in [0.29, 0.717) is 6.54 Å². The normalized spacial score (nSPS) is 11.0. The Morgan fingerprint density at radius 1 is 1.54 bits per heavy atom. The van der Waals surface area contributed by atoms with E-state index >= 15 is 0 Å². The lowest BCUT2D eigenvalue weighted by atomic mass is 10.2. The maximum atomic E-state index is 5.58. The van der Waals surface area contributed by atoms with E-state index in [9.17, 15) is 0 Å². The van der Waals surface area contributed by atoms with Gasteiger partial charge >= 0.3 is 0 Å². The van der Waals surface area contributed by atoms with Crippen molar-refractivity contribution < 1.29 is 0 Å². The fourth-order valence-corrected chi connectivity index (χ4v) is 1.97. The van der Waals surface area contributed by atoms with E-state index in [1.54, 1.807) is 4.68 Å². The Labute approximate surface area is 84.7 Å². The van der Waals surface area contributed by atoms with Gasteiger partial charge in [0.25, 0.3) is 0 Å². The topological polar surface area (TPSA) is 43.8 Å². The smallest absolute Gasteiger partial charge is 0.107 e. The zero-order chi connectivity index (χ0) is 9.42. The molecule has 0 radical (unpaired) electrons. The summed E-state index contributed by atoms with van der Waals surface area (Å²) in [5.41, 5.74) is 7.65. The van der Waals surface area contributed by atoms with E-state index in [0.717, 1.165) is 20.9 Å². The highest BCUT2D eigenvalue weighted by Crippen LogP contribution is 2.25. The minimum Gasteiger partial charge on any atom is -0.326 e. The number of halogens is 1. The minimum atomic E-state index is 0.535. The van der Waals surface area contributed by atoms with Crippen molar-refractivity contribution in [3.8, 4) is 0 Å². The number of hydrogen-bond donors (Lipinski definition) is 1. The molecule has 4 heteroatoms. The van der Waals surface area contributed by atoms with Gasteiger partial charge in [-0.15, -0.1) is 0 Å². The molecule has 0 aliphatic heterocycles. The molecule has 3 nitrogen and oxygen atoms in total. The first-order valence-electron chi connectivity index (χ1n) is 4.03.